The van der Waals surface area contributed by atoms with Crippen LogP contribution < -0.4 is 0 Å². The molecule has 3 fully saturated rings. The minimum atomic E-state index is -1.07. The fourth-order valence-electron chi connectivity index (χ4n) is 6.68. The number of nitrogens with zero attached hydrogens (tertiary/aromatic N) is 1. The van der Waals surface area contributed by atoms with Gasteiger partial charge in [-0.3, -0.25) is 4.79 Å². The Hall–Kier alpha value is -0.900. The first-order valence-corrected chi connectivity index (χ1v) is 9.07. The number of hydrogen-bond acceptors (Lipinski definition) is 2. The van der Waals surface area contributed by atoms with Gasteiger partial charge in [-0.1, -0.05) is 19.9 Å². The van der Waals surface area contributed by atoms with Gasteiger partial charge >= 0.3 is 0 Å². The van der Waals surface area contributed by atoms with Crippen LogP contribution in [0.15, 0.2) is 12.2 Å². The van der Waals surface area contributed by atoms with Gasteiger partial charge in [0, 0.05) is 18.5 Å². The van der Waals surface area contributed by atoms with Crippen molar-refractivity contribution < 1.29 is 14.3 Å². The van der Waals surface area contributed by atoms with E-state index in [1.54, 1.807) is 6.08 Å². The number of halogens is 1. The second-order valence-electron chi connectivity index (χ2n) is 8.86. The fourth-order valence-corrected chi connectivity index (χ4v) is 6.68. The molecule has 0 aromatic rings. The van der Waals surface area contributed by atoms with E-state index in [4.69, 9.17) is 0 Å². The normalized spacial score (nSPS) is 55.3. The largest absolute Gasteiger partial charge is 0.390 e. The third kappa shape index (κ3) is 1.87. The number of carbonyl (C=O) groups is 1. The van der Waals surface area contributed by atoms with E-state index in [0.717, 1.165) is 25.7 Å². The Morgan fingerprint density at radius 3 is 2.74 bits per heavy atom. The molecule has 8 atom stereocenters. The maximum Gasteiger partial charge on any atom is 0.246 e. The lowest BCUT2D eigenvalue weighted by Gasteiger charge is -2.59. The second kappa shape index (κ2) is 4.81. The highest BCUT2D eigenvalue weighted by molar-refractivity contribution is 5.89. The zero-order chi connectivity index (χ0) is 16.6. The minimum absolute atomic E-state index is 0.00768. The van der Waals surface area contributed by atoms with Crippen LogP contribution in [0.2, 0.25) is 0 Å². The summed E-state index contributed by atoms with van der Waals surface area (Å²) in [5.41, 5.74) is -0.268. The number of rotatable bonds is 0. The minimum Gasteiger partial charge on any atom is -0.390 e. The first-order valence-electron chi connectivity index (χ1n) is 9.07. The summed E-state index contributed by atoms with van der Waals surface area (Å²) in [5.74, 6) is 1.34. The molecular formula is C19H28FNO2. The molecular weight excluding hydrogens is 293 g/mol. The van der Waals surface area contributed by atoms with Gasteiger partial charge in [-0.15, -0.1) is 0 Å². The summed E-state index contributed by atoms with van der Waals surface area (Å²) in [4.78, 5) is 13.9. The Kier molecular flexibility index (Phi) is 3.27. The number of likely N-dealkylation sites (N-methyl/N-ethyl adjacent to an activating group) is 1. The van der Waals surface area contributed by atoms with Gasteiger partial charge in [-0.2, -0.15) is 0 Å². The van der Waals surface area contributed by atoms with Crippen LogP contribution in [-0.2, 0) is 4.79 Å². The number of hydrogen-bond donors (Lipinski definition) is 1. The molecule has 4 rings (SSSR count). The summed E-state index contributed by atoms with van der Waals surface area (Å²) in [5, 5.41) is 10.4. The molecule has 0 aromatic heterocycles. The molecule has 3 saturated carbocycles. The molecule has 128 valence electrons. The van der Waals surface area contributed by atoms with Gasteiger partial charge in [0.15, 0.2) is 0 Å². The Morgan fingerprint density at radius 1 is 1.26 bits per heavy atom. The predicted octanol–water partition coefficient (Wildman–Crippen LogP) is 2.93. The van der Waals surface area contributed by atoms with Crippen molar-refractivity contribution in [2.75, 3.05) is 7.05 Å². The van der Waals surface area contributed by atoms with Gasteiger partial charge in [0.05, 0.1) is 6.10 Å². The number of amides is 1. The van der Waals surface area contributed by atoms with Crippen molar-refractivity contribution >= 4 is 5.91 Å². The highest BCUT2D eigenvalue weighted by Crippen LogP contribution is 2.64. The third-order valence-electron chi connectivity index (χ3n) is 8.06. The van der Waals surface area contributed by atoms with Crippen molar-refractivity contribution in [2.24, 2.45) is 28.6 Å². The molecule has 1 N–H and O–H groups in total. The predicted molar refractivity (Wildman–Crippen MR) is 86.4 cm³/mol. The fraction of sp³-hybridized carbons (Fsp3) is 0.842. The zero-order valence-corrected chi connectivity index (χ0v) is 14.3. The van der Waals surface area contributed by atoms with Crippen LogP contribution in [0, 0.1) is 28.6 Å². The first kappa shape index (κ1) is 15.6. The van der Waals surface area contributed by atoms with E-state index in [1.807, 2.05) is 11.9 Å². The van der Waals surface area contributed by atoms with Crippen molar-refractivity contribution in [3.05, 3.63) is 12.2 Å². The van der Waals surface area contributed by atoms with E-state index in [-0.39, 0.29) is 28.7 Å². The van der Waals surface area contributed by atoms with Gasteiger partial charge < -0.3 is 10.0 Å². The van der Waals surface area contributed by atoms with Crippen LogP contribution in [0.1, 0.15) is 46.0 Å². The van der Waals surface area contributed by atoms with E-state index in [1.165, 1.54) is 0 Å². The molecule has 0 radical (unpaired) electrons. The zero-order valence-electron chi connectivity index (χ0n) is 14.3. The monoisotopic (exact) mass is 321 g/mol. The van der Waals surface area contributed by atoms with Crippen LogP contribution >= 0.6 is 0 Å². The molecule has 0 spiro atoms. The van der Waals surface area contributed by atoms with E-state index < -0.39 is 12.3 Å². The van der Waals surface area contributed by atoms with Crippen LogP contribution in [0.4, 0.5) is 4.39 Å². The van der Waals surface area contributed by atoms with Gasteiger partial charge in [-0.05, 0) is 61.3 Å². The topological polar surface area (TPSA) is 40.5 Å². The SMILES string of the molecule is CN1C(=O)C=C[C@]2(C)[C@H]3CC[C@]4(C)[C@@H](O)[C@@H](F)C[C@H]4[C@@H]3CC[C@@H]12. The molecule has 1 aliphatic heterocycles. The Morgan fingerprint density at radius 2 is 2.00 bits per heavy atom. The lowest BCUT2D eigenvalue weighted by Crippen LogP contribution is -2.59. The molecule has 0 aromatic carbocycles. The summed E-state index contributed by atoms with van der Waals surface area (Å²) < 4.78 is 14.2. The molecule has 4 aliphatic rings. The van der Waals surface area contributed by atoms with Crippen molar-refractivity contribution in [1.29, 1.82) is 0 Å². The van der Waals surface area contributed by atoms with Gasteiger partial charge in [-0.25, -0.2) is 4.39 Å². The Bertz CT molecular complexity index is 564. The summed E-state index contributed by atoms with van der Waals surface area (Å²) in [6.45, 7) is 4.38. The van der Waals surface area contributed by atoms with Gasteiger partial charge in [0.2, 0.25) is 5.91 Å². The maximum atomic E-state index is 14.2. The summed E-state index contributed by atoms with van der Waals surface area (Å²) in [6.07, 6.45) is 6.48. The first-order chi connectivity index (χ1) is 10.8. The highest BCUT2D eigenvalue weighted by Gasteiger charge is 2.62. The van der Waals surface area contributed by atoms with Crippen molar-refractivity contribution in [3.63, 3.8) is 0 Å². The highest BCUT2D eigenvalue weighted by atomic mass is 19.1. The van der Waals surface area contributed by atoms with Crippen LogP contribution in [0.25, 0.3) is 0 Å². The number of carbonyl (C=O) groups excluding carboxylic acids is 1. The van der Waals surface area contributed by atoms with Crippen molar-refractivity contribution in [3.8, 4) is 0 Å². The van der Waals surface area contributed by atoms with E-state index in [2.05, 4.69) is 19.9 Å². The lowest BCUT2D eigenvalue weighted by atomic mass is 9.48. The lowest BCUT2D eigenvalue weighted by molar-refractivity contribution is -0.140. The Labute approximate surface area is 137 Å². The third-order valence-corrected chi connectivity index (χ3v) is 8.06. The maximum absolute atomic E-state index is 14.2. The van der Waals surface area contributed by atoms with E-state index in [9.17, 15) is 14.3 Å². The smallest absolute Gasteiger partial charge is 0.246 e. The average Bonchev–Trinajstić information content (AvgIpc) is 2.75. The summed E-state index contributed by atoms with van der Waals surface area (Å²) in [7, 11) is 1.92. The number of fused-ring (bicyclic) bond motifs is 5. The van der Waals surface area contributed by atoms with Crippen molar-refractivity contribution in [1.82, 2.24) is 4.90 Å². The molecule has 3 nitrogen and oxygen atoms in total. The number of aliphatic hydroxyl groups is 1. The molecule has 1 amide bonds. The van der Waals surface area contributed by atoms with Crippen LogP contribution in [0.5, 0.6) is 0 Å². The summed E-state index contributed by atoms with van der Waals surface area (Å²) in [6, 6.07) is 0.262. The molecule has 1 heterocycles. The molecule has 3 aliphatic carbocycles. The molecule has 4 heteroatoms. The second-order valence-corrected chi connectivity index (χ2v) is 8.86. The van der Waals surface area contributed by atoms with Crippen LogP contribution in [-0.4, -0.2) is 41.3 Å². The average molecular weight is 321 g/mol. The number of aliphatic hydroxyl groups excluding tert-OH is 1. The van der Waals surface area contributed by atoms with Crippen molar-refractivity contribution in [2.45, 2.75) is 64.3 Å². The van der Waals surface area contributed by atoms with Crippen LogP contribution in [0.3, 0.4) is 0 Å². The molecule has 0 bridgehead atoms. The van der Waals surface area contributed by atoms with E-state index in [0.29, 0.717) is 18.3 Å². The van der Waals surface area contributed by atoms with E-state index >= 15 is 0 Å². The quantitative estimate of drug-likeness (QED) is 0.745. The van der Waals surface area contributed by atoms with Gasteiger partial charge in [0.25, 0.3) is 0 Å². The Balaban J connectivity index is 1.70. The summed E-state index contributed by atoms with van der Waals surface area (Å²) >= 11 is 0. The molecule has 0 unspecified atom stereocenters. The van der Waals surface area contributed by atoms with Gasteiger partial charge in [0.1, 0.15) is 6.17 Å². The number of alkyl halides is 1. The standard InChI is InChI=1S/C19H28FNO2/c1-18-9-7-16(22)21(3)15(18)5-4-11-12(18)6-8-19(2)13(11)10-14(20)17(19)23/h7,9,11-15,17,23H,4-6,8,10H2,1-3H3/t11-,12+,13+,14+,15-,17+,18-,19+/m1/s1. The molecule has 0 saturated heterocycles. The molecule has 23 heavy (non-hydrogen) atoms.